The van der Waals surface area contributed by atoms with Crippen molar-refractivity contribution in [1.29, 1.82) is 0 Å². The van der Waals surface area contributed by atoms with Gasteiger partial charge in [0.25, 0.3) is 0 Å². The summed E-state index contributed by atoms with van der Waals surface area (Å²) in [7, 11) is 1.15. The highest BCUT2D eigenvalue weighted by Crippen LogP contribution is 2.42. The molecule has 1 aromatic carbocycles. The normalized spacial score (nSPS) is 19.0. The number of aldehydes is 1. The van der Waals surface area contributed by atoms with Crippen LogP contribution in [0.25, 0.3) is 0 Å². The minimum Gasteiger partial charge on any atom is -0.468 e. The van der Waals surface area contributed by atoms with Crippen molar-refractivity contribution in [2.24, 2.45) is 10.9 Å². The zero-order chi connectivity index (χ0) is 23.2. The van der Waals surface area contributed by atoms with Crippen LogP contribution in [0.15, 0.2) is 40.5 Å². The van der Waals surface area contributed by atoms with Gasteiger partial charge in [0.05, 0.1) is 30.6 Å². The fraction of sp³-hybridized carbons (Fsp3) is 0.429. The van der Waals surface area contributed by atoms with E-state index in [0.717, 1.165) is 19.2 Å². The first-order valence-corrected chi connectivity index (χ1v) is 10.5. The molecular weight excluding hydrogens is 435 g/mol. The Morgan fingerprint density at radius 2 is 2.00 bits per heavy atom. The van der Waals surface area contributed by atoms with Crippen molar-refractivity contribution in [2.75, 3.05) is 25.2 Å². The minimum atomic E-state index is -4.61. The summed E-state index contributed by atoms with van der Waals surface area (Å²) in [5.41, 5.74) is -0.260. The van der Waals surface area contributed by atoms with Crippen LogP contribution in [0, 0.1) is 5.92 Å². The summed E-state index contributed by atoms with van der Waals surface area (Å²) in [4.78, 5) is 40.5. The van der Waals surface area contributed by atoms with Crippen LogP contribution >= 0.6 is 11.8 Å². The molecule has 0 saturated carbocycles. The van der Waals surface area contributed by atoms with Crippen LogP contribution in [0.3, 0.4) is 0 Å². The van der Waals surface area contributed by atoms with Gasteiger partial charge in [-0.05, 0) is 25.5 Å². The van der Waals surface area contributed by atoms with Crippen LogP contribution in [0.4, 0.5) is 13.2 Å². The monoisotopic (exact) mass is 457 g/mol. The number of alkyl halides is 3. The molecule has 168 valence electrons. The Hall–Kier alpha value is -2.62. The summed E-state index contributed by atoms with van der Waals surface area (Å²) in [5.74, 6) is -3.41. The summed E-state index contributed by atoms with van der Waals surface area (Å²) in [6.07, 6.45) is -3.92. The first-order chi connectivity index (χ1) is 14.6. The van der Waals surface area contributed by atoms with Crippen LogP contribution < -0.4 is 0 Å². The first-order valence-electron chi connectivity index (χ1n) is 9.37. The molecule has 1 aliphatic rings. The highest BCUT2D eigenvalue weighted by molar-refractivity contribution is 8.00. The van der Waals surface area contributed by atoms with Gasteiger partial charge in [0.15, 0.2) is 0 Å². The van der Waals surface area contributed by atoms with Crippen LogP contribution in [0.5, 0.6) is 0 Å². The summed E-state index contributed by atoms with van der Waals surface area (Å²) < 4.78 is 50.0. The molecule has 0 fully saturated rings. The highest BCUT2D eigenvalue weighted by Gasteiger charge is 2.43. The number of hydrogen-bond acceptors (Lipinski definition) is 7. The third-order valence-corrected chi connectivity index (χ3v) is 5.51. The van der Waals surface area contributed by atoms with Gasteiger partial charge in [-0.3, -0.25) is 9.79 Å². The number of aliphatic imine (C=N–C) groups is 1. The summed E-state index contributed by atoms with van der Waals surface area (Å²) in [5, 5.41) is 0. The van der Waals surface area contributed by atoms with E-state index >= 15 is 0 Å². The van der Waals surface area contributed by atoms with Gasteiger partial charge in [-0.25, -0.2) is 4.79 Å². The molecule has 1 aliphatic heterocycles. The number of benzene rings is 1. The summed E-state index contributed by atoms with van der Waals surface area (Å²) in [6.45, 7) is 3.17. The zero-order valence-electron chi connectivity index (χ0n) is 17.2. The smallest absolute Gasteiger partial charge is 0.416 e. The molecule has 0 amide bonds. The maximum atomic E-state index is 13.3. The summed E-state index contributed by atoms with van der Waals surface area (Å²) >= 11 is 1.18. The van der Waals surface area contributed by atoms with Crippen LogP contribution in [-0.2, 0) is 30.0 Å². The van der Waals surface area contributed by atoms with Crippen molar-refractivity contribution < 1.29 is 37.0 Å². The number of halogens is 3. The number of rotatable bonds is 8. The molecule has 2 unspecified atom stereocenters. The van der Waals surface area contributed by atoms with Gasteiger partial charge in [-0.15, -0.1) is 11.8 Å². The van der Waals surface area contributed by atoms with E-state index in [-0.39, 0.29) is 34.9 Å². The number of thioether (sulfide) groups is 1. The molecule has 6 nitrogen and oxygen atoms in total. The molecule has 1 aromatic rings. The van der Waals surface area contributed by atoms with Crippen molar-refractivity contribution in [2.45, 2.75) is 25.9 Å². The second-order valence-corrected chi connectivity index (χ2v) is 7.65. The van der Waals surface area contributed by atoms with Crippen molar-refractivity contribution in [3.05, 3.63) is 46.7 Å². The van der Waals surface area contributed by atoms with E-state index in [9.17, 15) is 27.6 Å². The van der Waals surface area contributed by atoms with Gasteiger partial charge < -0.3 is 14.3 Å². The first kappa shape index (κ1) is 24.6. The summed E-state index contributed by atoms with van der Waals surface area (Å²) in [6, 6.07) is 4.46. The quantitative estimate of drug-likeness (QED) is 0.336. The molecule has 0 bridgehead atoms. The number of carbonyl (C=O) groups is 3. The molecule has 0 spiro atoms. The van der Waals surface area contributed by atoms with Crippen molar-refractivity contribution in [1.82, 2.24) is 0 Å². The van der Waals surface area contributed by atoms with E-state index in [0.29, 0.717) is 12.0 Å². The fourth-order valence-corrected chi connectivity index (χ4v) is 4.03. The second kappa shape index (κ2) is 10.6. The van der Waals surface area contributed by atoms with Crippen molar-refractivity contribution in [3.8, 4) is 0 Å². The maximum absolute atomic E-state index is 13.3. The van der Waals surface area contributed by atoms with Gasteiger partial charge in [-0.1, -0.05) is 18.2 Å². The van der Waals surface area contributed by atoms with E-state index in [1.165, 1.54) is 23.9 Å². The average Bonchev–Trinajstić information content (AvgIpc) is 2.72. The van der Waals surface area contributed by atoms with E-state index in [1.54, 1.807) is 13.8 Å². The minimum absolute atomic E-state index is 0.0134. The van der Waals surface area contributed by atoms with E-state index in [4.69, 9.17) is 9.47 Å². The molecule has 2 atom stereocenters. The Morgan fingerprint density at radius 3 is 2.58 bits per heavy atom. The zero-order valence-corrected chi connectivity index (χ0v) is 18.0. The topological polar surface area (TPSA) is 82.0 Å². The Balaban J connectivity index is 2.73. The van der Waals surface area contributed by atoms with Crippen LogP contribution in [0.2, 0.25) is 0 Å². The Kier molecular flexibility index (Phi) is 8.43. The van der Waals surface area contributed by atoms with Crippen molar-refractivity contribution in [3.63, 3.8) is 0 Å². The highest BCUT2D eigenvalue weighted by atomic mass is 32.2. The number of esters is 2. The molecule has 2 rings (SSSR count). The standard InChI is InChI=1S/C21H22F3NO5S/c1-4-30-20(28)18-15(11-31-9-8-26)25-12(2)16(19(27)29-3)17(18)13-6-5-7-14(10-13)21(22,23)24/h5-8,10,16-17H,4,9,11H2,1-3H3. The molecule has 0 radical (unpaired) electrons. The Bertz CT molecular complexity index is 911. The number of nitrogens with zero attached hydrogens (tertiary/aromatic N) is 1. The molecule has 1 heterocycles. The van der Waals surface area contributed by atoms with Gasteiger partial charge in [0, 0.05) is 23.1 Å². The third-order valence-electron chi connectivity index (χ3n) is 4.66. The van der Waals surface area contributed by atoms with E-state index in [1.807, 2.05) is 0 Å². The lowest BCUT2D eigenvalue weighted by molar-refractivity contribution is -0.144. The van der Waals surface area contributed by atoms with Gasteiger partial charge >= 0.3 is 18.1 Å². The Morgan fingerprint density at radius 1 is 1.29 bits per heavy atom. The number of methoxy groups -OCH3 is 1. The van der Waals surface area contributed by atoms with E-state index < -0.39 is 35.5 Å². The van der Waals surface area contributed by atoms with Crippen molar-refractivity contribution >= 4 is 35.7 Å². The van der Waals surface area contributed by atoms with Gasteiger partial charge in [-0.2, -0.15) is 13.2 Å². The van der Waals surface area contributed by atoms with Crippen LogP contribution in [-0.4, -0.2) is 49.2 Å². The van der Waals surface area contributed by atoms with Gasteiger partial charge in [0.2, 0.25) is 0 Å². The third kappa shape index (κ3) is 5.75. The lowest BCUT2D eigenvalue weighted by atomic mass is 9.75. The number of ether oxygens (including phenoxy) is 2. The molecular formula is C21H22F3NO5S. The molecule has 10 heteroatoms. The fourth-order valence-electron chi connectivity index (χ4n) is 3.40. The predicted octanol–water partition coefficient (Wildman–Crippen LogP) is 3.80. The molecule has 0 saturated heterocycles. The Labute approximate surface area is 181 Å². The molecule has 0 aliphatic carbocycles. The number of carbonyl (C=O) groups excluding carboxylic acids is 3. The largest absolute Gasteiger partial charge is 0.468 e. The maximum Gasteiger partial charge on any atom is 0.416 e. The SMILES string of the molecule is CCOC(=O)C1=C(CSCC=O)N=C(C)C(C(=O)OC)C1c1cccc(C(F)(F)F)c1. The molecule has 0 N–H and O–H groups in total. The average molecular weight is 457 g/mol. The lowest BCUT2D eigenvalue weighted by Crippen LogP contribution is -2.37. The van der Waals surface area contributed by atoms with Crippen LogP contribution in [0.1, 0.15) is 30.9 Å². The van der Waals surface area contributed by atoms with E-state index in [2.05, 4.69) is 4.99 Å². The predicted molar refractivity (Wildman–Crippen MR) is 110 cm³/mol. The number of hydrogen-bond donors (Lipinski definition) is 0. The van der Waals surface area contributed by atoms with Gasteiger partial charge in [0.1, 0.15) is 12.2 Å². The second-order valence-electron chi connectivity index (χ2n) is 6.62. The molecule has 0 aromatic heterocycles. The molecule has 31 heavy (non-hydrogen) atoms. The lowest BCUT2D eigenvalue weighted by Gasteiger charge is -2.32.